The van der Waals surface area contributed by atoms with Gasteiger partial charge in [-0.05, 0) is 62.1 Å². The molecule has 2 heteroatoms. The Balaban J connectivity index is 1.66. The van der Waals surface area contributed by atoms with E-state index in [1.54, 1.807) is 11.1 Å². The number of likely N-dealkylation sites (N-methyl/N-ethyl adjacent to an activating group) is 1. The fourth-order valence-corrected chi connectivity index (χ4v) is 5.13. The largest absolute Gasteiger partial charge is 0.309 e. The van der Waals surface area contributed by atoms with Crippen LogP contribution < -0.4 is 5.32 Å². The Morgan fingerprint density at radius 1 is 1.19 bits per heavy atom. The summed E-state index contributed by atoms with van der Waals surface area (Å²) in [6.07, 6.45) is 8.36. The maximum atomic E-state index is 3.83. The summed E-state index contributed by atoms with van der Waals surface area (Å²) in [7, 11) is 0. The van der Waals surface area contributed by atoms with E-state index in [9.17, 15) is 0 Å². The van der Waals surface area contributed by atoms with Crippen LogP contribution in [0, 0.1) is 5.92 Å². The lowest BCUT2D eigenvalue weighted by Gasteiger charge is -2.39. The molecule has 114 valence electrons. The third kappa shape index (κ3) is 2.43. The highest BCUT2D eigenvalue weighted by Gasteiger charge is 2.43. The van der Waals surface area contributed by atoms with Gasteiger partial charge in [0.15, 0.2) is 0 Å². The molecule has 0 spiro atoms. The molecule has 4 atom stereocenters. The van der Waals surface area contributed by atoms with Crippen molar-refractivity contribution < 1.29 is 0 Å². The Morgan fingerprint density at radius 2 is 2.10 bits per heavy atom. The number of likely N-dealkylation sites (tertiary alicyclic amines) is 1. The van der Waals surface area contributed by atoms with Gasteiger partial charge in [0.2, 0.25) is 0 Å². The van der Waals surface area contributed by atoms with Crippen molar-refractivity contribution in [3.63, 3.8) is 0 Å². The molecule has 1 aromatic carbocycles. The number of fused-ring (bicyclic) bond motifs is 3. The van der Waals surface area contributed by atoms with Crippen LogP contribution >= 0.6 is 0 Å². The van der Waals surface area contributed by atoms with Crippen molar-refractivity contribution in [2.24, 2.45) is 5.92 Å². The number of piperidine rings is 1. The maximum absolute atomic E-state index is 3.83. The number of aryl methyl sites for hydroxylation is 1. The van der Waals surface area contributed by atoms with E-state index in [0.29, 0.717) is 12.1 Å². The normalized spacial score (nSPS) is 35.7. The van der Waals surface area contributed by atoms with E-state index in [1.165, 1.54) is 45.1 Å². The molecule has 1 heterocycles. The SMILES string of the molecule is CCNC1c2ccccc2CCCC1N1CC2CCC1C2. The summed E-state index contributed by atoms with van der Waals surface area (Å²) >= 11 is 0. The predicted molar refractivity (Wildman–Crippen MR) is 87.4 cm³/mol. The van der Waals surface area contributed by atoms with E-state index in [2.05, 4.69) is 41.4 Å². The van der Waals surface area contributed by atoms with Gasteiger partial charge in [0.1, 0.15) is 0 Å². The fraction of sp³-hybridized carbons (Fsp3) is 0.684. The van der Waals surface area contributed by atoms with Crippen LogP contribution in [0.15, 0.2) is 24.3 Å². The van der Waals surface area contributed by atoms with Crippen molar-refractivity contribution >= 4 is 0 Å². The second-order valence-electron chi connectivity index (χ2n) is 7.22. The number of hydrogen-bond donors (Lipinski definition) is 1. The summed E-state index contributed by atoms with van der Waals surface area (Å²) in [4.78, 5) is 2.88. The van der Waals surface area contributed by atoms with E-state index in [-0.39, 0.29) is 0 Å². The second-order valence-corrected chi connectivity index (χ2v) is 7.22. The quantitative estimate of drug-likeness (QED) is 0.854. The number of nitrogens with one attached hydrogen (secondary N) is 1. The van der Waals surface area contributed by atoms with Crippen molar-refractivity contribution in [3.05, 3.63) is 35.4 Å². The first-order valence-electron chi connectivity index (χ1n) is 8.93. The van der Waals surface area contributed by atoms with Crippen LogP contribution in [0.1, 0.15) is 56.2 Å². The third-order valence-corrected chi connectivity index (χ3v) is 6.02. The molecule has 2 nitrogen and oxygen atoms in total. The first kappa shape index (κ1) is 13.8. The molecule has 1 N–H and O–H groups in total. The molecule has 0 aromatic heterocycles. The van der Waals surface area contributed by atoms with Crippen LogP contribution in [0.25, 0.3) is 0 Å². The molecule has 0 amide bonds. The van der Waals surface area contributed by atoms with Gasteiger partial charge < -0.3 is 5.32 Å². The van der Waals surface area contributed by atoms with Gasteiger partial charge in [-0.1, -0.05) is 31.2 Å². The van der Waals surface area contributed by atoms with E-state index in [0.717, 1.165) is 18.5 Å². The van der Waals surface area contributed by atoms with Crippen molar-refractivity contribution in [1.29, 1.82) is 0 Å². The van der Waals surface area contributed by atoms with Gasteiger partial charge in [0, 0.05) is 24.7 Å². The Bertz CT molecular complexity index is 498. The Morgan fingerprint density at radius 3 is 2.86 bits per heavy atom. The average molecular weight is 284 g/mol. The summed E-state index contributed by atoms with van der Waals surface area (Å²) in [6.45, 7) is 4.68. The first-order valence-corrected chi connectivity index (χ1v) is 8.93. The summed E-state index contributed by atoms with van der Waals surface area (Å²) in [5, 5.41) is 3.83. The summed E-state index contributed by atoms with van der Waals surface area (Å²) in [6, 6.07) is 11.3. The Labute approximate surface area is 128 Å². The summed E-state index contributed by atoms with van der Waals surface area (Å²) < 4.78 is 0. The topological polar surface area (TPSA) is 15.3 Å². The van der Waals surface area contributed by atoms with Gasteiger partial charge in [0.05, 0.1) is 0 Å². The third-order valence-electron chi connectivity index (χ3n) is 6.02. The van der Waals surface area contributed by atoms with Crippen molar-refractivity contribution in [1.82, 2.24) is 10.2 Å². The summed E-state index contributed by atoms with van der Waals surface area (Å²) in [5.41, 5.74) is 3.15. The van der Waals surface area contributed by atoms with Crippen LogP contribution in [-0.2, 0) is 6.42 Å². The standard InChI is InChI=1S/C19H28N2/c1-2-20-19-17-8-4-3-6-15(17)7-5-9-18(19)21-13-14-10-11-16(21)12-14/h3-4,6,8,14,16,18-20H,2,5,7,9-13H2,1H3. The Hall–Kier alpha value is -0.860. The highest BCUT2D eigenvalue weighted by Crippen LogP contribution is 2.43. The molecule has 4 unspecified atom stereocenters. The fourth-order valence-electron chi connectivity index (χ4n) is 5.13. The zero-order valence-corrected chi connectivity index (χ0v) is 13.2. The predicted octanol–water partition coefficient (Wildman–Crippen LogP) is 3.53. The lowest BCUT2D eigenvalue weighted by atomic mass is 9.93. The molecule has 21 heavy (non-hydrogen) atoms. The van der Waals surface area contributed by atoms with Crippen molar-refractivity contribution in [2.45, 2.75) is 63.6 Å². The van der Waals surface area contributed by atoms with Crippen LogP contribution in [0.5, 0.6) is 0 Å². The first-order chi connectivity index (χ1) is 10.4. The molecule has 0 radical (unpaired) electrons. The molecule has 1 saturated carbocycles. The molecular weight excluding hydrogens is 256 g/mol. The highest BCUT2D eigenvalue weighted by molar-refractivity contribution is 5.33. The zero-order chi connectivity index (χ0) is 14.2. The van der Waals surface area contributed by atoms with Gasteiger partial charge in [-0.15, -0.1) is 0 Å². The van der Waals surface area contributed by atoms with Gasteiger partial charge in [-0.25, -0.2) is 0 Å². The van der Waals surface area contributed by atoms with Crippen LogP contribution in [0.4, 0.5) is 0 Å². The van der Waals surface area contributed by atoms with E-state index in [4.69, 9.17) is 0 Å². The highest BCUT2D eigenvalue weighted by atomic mass is 15.2. The molecule has 2 aliphatic carbocycles. The number of rotatable bonds is 3. The van der Waals surface area contributed by atoms with Crippen molar-refractivity contribution in [3.8, 4) is 0 Å². The Kier molecular flexibility index (Phi) is 3.76. The van der Waals surface area contributed by atoms with Gasteiger partial charge in [0.25, 0.3) is 0 Å². The van der Waals surface area contributed by atoms with E-state index < -0.39 is 0 Å². The molecule has 1 saturated heterocycles. The van der Waals surface area contributed by atoms with Gasteiger partial charge in [-0.3, -0.25) is 4.90 Å². The number of nitrogens with zero attached hydrogens (tertiary/aromatic N) is 1. The van der Waals surface area contributed by atoms with Crippen molar-refractivity contribution in [2.75, 3.05) is 13.1 Å². The smallest absolute Gasteiger partial charge is 0.0480 e. The molecule has 4 rings (SSSR count). The maximum Gasteiger partial charge on any atom is 0.0480 e. The molecule has 3 aliphatic rings. The molecule has 1 aromatic rings. The summed E-state index contributed by atoms with van der Waals surface area (Å²) in [5.74, 6) is 0.996. The minimum absolute atomic E-state index is 0.535. The zero-order valence-electron chi connectivity index (χ0n) is 13.2. The van der Waals surface area contributed by atoms with Crippen LogP contribution in [-0.4, -0.2) is 30.1 Å². The van der Waals surface area contributed by atoms with Gasteiger partial charge in [-0.2, -0.15) is 0 Å². The minimum atomic E-state index is 0.535. The number of hydrogen-bond acceptors (Lipinski definition) is 2. The molecule has 2 bridgehead atoms. The lowest BCUT2D eigenvalue weighted by molar-refractivity contribution is 0.111. The average Bonchev–Trinajstić information content (AvgIpc) is 3.09. The van der Waals surface area contributed by atoms with E-state index >= 15 is 0 Å². The minimum Gasteiger partial charge on any atom is -0.309 e. The lowest BCUT2D eigenvalue weighted by Crippen LogP contribution is -2.47. The molecule has 2 fully saturated rings. The van der Waals surface area contributed by atoms with Crippen LogP contribution in [0.2, 0.25) is 0 Å². The molecule has 1 aliphatic heterocycles. The second kappa shape index (κ2) is 5.73. The number of benzene rings is 1. The monoisotopic (exact) mass is 284 g/mol. The molecular formula is C19H28N2. The van der Waals surface area contributed by atoms with Crippen LogP contribution in [0.3, 0.4) is 0 Å². The van der Waals surface area contributed by atoms with Gasteiger partial charge >= 0.3 is 0 Å². The van der Waals surface area contributed by atoms with E-state index in [1.807, 2.05) is 0 Å².